The Labute approximate surface area is 171 Å². The lowest BCUT2D eigenvalue weighted by atomic mass is 10.1. The fourth-order valence-electron chi connectivity index (χ4n) is 2.98. The highest BCUT2D eigenvalue weighted by Gasteiger charge is 2.35. The van der Waals surface area contributed by atoms with Gasteiger partial charge in [-0.25, -0.2) is 0 Å². The predicted octanol–water partition coefficient (Wildman–Crippen LogP) is 1.73. The molecular weight excluding hydrogens is 393 g/mol. The predicted molar refractivity (Wildman–Crippen MR) is 107 cm³/mol. The number of carbonyl (C=O) groups excluding carboxylic acids is 2. The van der Waals surface area contributed by atoms with Gasteiger partial charge < -0.3 is 25.0 Å². The van der Waals surface area contributed by atoms with E-state index in [4.69, 9.17) is 21.1 Å². The first-order valence-electron chi connectivity index (χ1n) is 8.70. The van der Waals surface area contributed by atoms with Crippen molar-refractivity contribution in [2.75, 3.05) is 47.0 Å². The van der Waals surface area contributed by atoms with E-state index in [1.165, 1.54) is 7.11 Å². The van der Waals surface area contributed by atoms with Gasteiger partial charge in [0.25, 0.3) is 5.91 Å². The van der Waals surface area contributed by atoms with Gasteiger partial charge in [0.05, 0.1) is 19.3 Å². The van der Waals surface area contributed by atoms with Gasteiger partial charge in [0.1, 0.15) is 11.8 Å². The van der Waals surface area contributed by atoms with Gasteiger partial charge in [-0.3, -0.25) is 9.59 Å². The summed E-state index contributed by atoms with van der Waals surface area (Å²) in [7, 11) is 3.15. The summed E-state index contributed by atoms with van der Waals surface area (Å²) in [6, 6.07) is 4.44. The van der Waals surface area contributed by atoms with Crippen LogP contribution in [0.1, 0.15) is 23.2 Å². The van der Waals surface area contributed by atoms with Gasteiger partial charge in [-0.2, -0.15) is 0 Å². The van der Waals surface area contributed by atoms with E-state index in [1.807, 2.05) is 0 Å². The summed E-state index contributed by atoms with van der Waals surface area (Å²) in [6.07, 6.45) is 1.44. The van der Waals surface area contributed by atoms with Crippen molar-refractivity contribution in [1.29, 1.82) is 0 Å². The number of amides is 2. The third kappa shape index (κ3) is 6.53. The number of methoxy groups -OCH3 is 2. The Morgan fingerprint density at radius 3 is 2.74 bits per heavy atom. The van der Waals surface area contributed by atoms with Crippen LogP contribution in [0, 0.1) is 0 Å². The number of ether oxygens (including phenoxy) is 2. The molecule has 2 N–H and O–H groups in total. The average molecular weight is 420 g/mol. The second-order valence-corrected chi connectivity index (χ2v) is 6.47. The molecule has 1 aromatic carbocycles. The maximum atomic E-state index is 12.9. The number of hydrogen-bond donors (Lipinski definition) is 2. The normalized spacial score (nSPS) is 16.0. The molecule has 152 valence electrons. The summed E-state index contributed by atoms with van der Waals surface area (Å²) in [5.41, 5.74) is 0.376. The number of rotatable bonds is 9. The third-order valence-corrected chi connectivity index (χ3v) is 4.53. The fourth-order valence-corrected chi connectivity index (χ4v) is 3.15. The van der Waals surface area contributed by atoms with Crippen LogP contribution in [0.15, 0.2) is 18.2 Å². The van der Waals surface area contributed by atoms with E-state index < -0.39 is 6.04 Å². The van der Waals surface area contributed by atoms with E-state index in [0.29, 0.717) is 49.0 Å². The molecule has 2 amide bonds. The first-order valence-corrected chi connectivity index (χ1v) is 9.08. The molecule has 9 heteroatoms. The highest BCUT2D eigenvalue weighted by atomic mass is 35.5. The zero-order valence-electron chi connectivity index (χ0n) is 15.6. The Balaban J connectivity index is 0.00000364. The van der Waals surface area contributed by atoms with Crippen LogP contribution in [-0.2, 0) is 9.53 Å². The highest BCUT2D eigenvalue weighted by Crippen LogP contribution is 2.27. The molecule has 1 aromatic rings. The van der Waals surface area contributed by atoms with Crippen LogP contribution in [0.5, 0.6) is 5.75 Å². The minimum Gasteiger partial charge on any atom is -0.496 e. The van der Waals surface area contributed by atoms with Gasteiger partial charge in [-0.15, -0.1) is 12.4 Å². The van der Waals surface area contributed by atoms with Crippen molar-refractivity contribution >= 4 is 35.8 Å². The summed E-state index contributed by atoms with van der Waals surface area (Å²) in [4.78, 5) is 27.0. The van der Waals surface area contributed by atoms with Crippen LogP contribution < -0.4 is 15.4 Å². The fraction of sp³-hybridized carbons (Fsp3) is 0.556. The van der Waals surface area contributed by atoms with Gasteiger partial charge in [0.15, 0.2) is 0 Å². The molecule has 0 aliphatic carbocycles. The number of carbonyl (C=O) groups is 2. The molecule has 0 spiro atoms. The van der Waals surface area contributed by atoms with Crippen molar-refractivity contribution in [3.63, 3.8) is 0 Å². The topological polar surface area (TPSA) is 79.9 Å². The molecule has 1 aliphatic rings. The van der Waals surface area contributed by atoms with Crippen LogP contribution in [0.2, 0.25) is 5.02 Å². The van der Waals surface area contributed by atoms with Crippen molar-refractivity contribution in [3.8, 4) is 5.75 Å². The highest BCUT2D eigenvalue weighted by molar-refractivity contribution is 6.31. The molecule has 1 unspecified atom stereocenters. The number of halogens is 2. The van der Waals surface area contributed by atoms with Crippen molar-refractivity contribution in [3.05, 3.63) is 28.8 Å². The smallest absolute Gasteiger partial charge is 0.258 e. The maximum Gasteiger partial charge on any atom is 0.258 e. The quantitative estimate of drug-likeness (QED) is 0.595. The Morgan fingerprint density at radius 2 is 2.04 bits per heavy atom. The molecular formula is C18H27Cl2N3O4. The van der Waals surface area contributed by atoms with Gasteiger partial charge in [0.2, 0.25) is 5.91 Å². The summed E-state index contributed by atoms with van der Waals surface area (Å²) in [5, 5.41) is 6.50. The van der Waals surface area contributed by atoms with Crippen molar-refractivity contribution in [1.82, 2.24) is 15.5 Å². The maximum absolute atomic E-state index is 12.9. The van der Waals surface area contributed by atoms with E-state index >= 15 is 0 Å². The van der Waals surface area contributed by atoms with Gasteiger partial charge in [-0.1, -0.05) is 11.6 Å². The number of hydrogen-bond acceptors (Lipinski definition) is 5. The van der Waals surface area contributed by atoms with E-state index in [2.05, 4.69) is 10.6 Å². The number of likely N-dealkylation sites (tertiary alicyclic amines) is 1. The first kappa shape index (κ1) is 23.5. The van der Waals surface area contributed by atoms with Crippen molar-refractivity contribution in [2.45, 2.75) is 18.9 Å². The molecule has 1 atom stereocenters. The third-order valence-electron chi connectivity index (χ3n) is 4.29. The summed E-state index contributed by atoms with van der Waals surface area (Å²) in [6.45, 7) is 3.05. The number of nitrogens with zero attached hydrogens (tertiary/aromatic N) is 1. The second-order valence-electron chi connectivity index (χ2n) is 6.04. The summed E-state index contributed by atoms with van der Waals surface area (Å²) >= 11 is 6.02. The zero-order valence-corrected chi connectivity index (χ0v) is 17.2. The van der Waals surface area contributed by atoms with Crippen LogP contribution in [0.4, 0.5) is 0 Å². The molecule has 1 saturated heterocycles. The zero-order chi connectivity index (χ0) is 18.9. The van der Waals surface area contributed by atoms with Crippen LogP contribution in [0.25, 0.3) is 0 Å². The number of benzene rings is 1. The molecule has 2 rings (SSSR count). The molecule has 0 aromatic heterocycles. The minimum absolute atomic E-state index is 0. The molecule has 0 bridgehead atoms. The first-order chi connectivity index (χ1) is 12.6. The Hall–Kier alpha value is -1.54. The lowest BCUT2D eigenvalue weighted by Gasteiger charge is -2.25. The molecule has 1 fully saturated rings. The largest absolute Gasteiger partial charge is 0.496 e. The molecule has 1 aliphatic heterocycles. The van der Waals surface area contributed by atoms with E-state index in [-0.39, 0.29) is 24.2 Å². The monoisotopic (exact) mass is 419 g/mol. The van der Waals surface area contributed by atoms with Crippen LogP contribution >= 0.6 is 24.0 Å². The van der Waals surface area contributed by atoms with Gasteiger partial charge in [0, 0.05) is 38.3 Å². The minimum atomic E-state index is -0.467. The Morgan fingerprint density at radius 1 is 1.26 bits per heavy atom. The molecule has 1 heterocycles. The Bertz CT molecular complexity index is 631. The number of nitrogens with one attached hydrogen (secondary N) is 2. The van der Waals surface area contributed by atoms with E-state index in [0.717, 1.165) is 13.0 Å². The molecule has 0 saturated carbocycles. The molecule has 0 radical (unpaired) electrons. The van der Waals surface area contributed by atoms with Crippen LogP contribution in [0.3, 0.4) is 0 Å². The lowest BCUT2D eigenvalue weighted by molar-refractivity contribution is -0.124. The van der Waals surface area contributed by atoms with Crippen LogP contribution in [-0.4, -0.2) is 69.8 Å². The van der Waals surface area contributed by atoms with E-state index in [1.54, 1.807) is 30.2 Å². The van der Waals surface area contributed by atoms with Crippen molar-refractivity contribution in [2.24, 2.45) is 0 Å². The standard InChI is InChI=1S/C18H26ClN3O4.ClH/c1-25-11-9-20-7-8-21-17(23)15-4-3-10-22(15)18(24)14-12-13(19)5-6-16(14)26-2;/h5-6,12,15,20H,3-4,7-11H2,1-2H3,(H,21,23);1H. The van der Waals surface area contributed by atoms with Gasteiger partial charge >= 0.3 is 0 Å². The van der Waals surface area contributed by atoms with Crippen molar-refractivity contribution < 1.29 is 19.1 Å². The SMILES string of the molecule is COCCNCCNC(=O)C1CCCN1C(=O)c1cc(Cl)ccc1OC.Cl. The molecule has 7 nitrogen and oxygen atoms in total. The Kier molecular flexibility index (Phi) is 10.5. The summed E-state index contributed by atoms with van der Waals surface area (Å²) in [5.74, 6) is 0.0819. The second kappa shape index (κ2) is 12.0. The van der Waals surface area contributed by atoms with E-state index in [9.17, 15) is 9.59 Å². The summed E-state index contributed by atoms with van der Waals surface area (Å²) < 4.78 is 10.2. The lowest BCUT2D eigenvalue weighted by Crippen LogP contribution is -2.47. The average Bonchev–Trinajstić information content (AvgIpc) is 3.13. The molecule has 27 heavy (non-hydrogen) atoms. The van der Waals surface area contributed by atoms with Gasteiger partial charge in [-0.05, 0) is 31.0 Å².